The van der Waals surface area contributed by atoms with E-state index in [9.17, 15) is 10.0 Å². The molecule has 0 spiro atoms. The number of rotatable bonds is 5. The Morgan fingerprint density at radius 1 is 1.28 bits per heavy atom. The van der Waals surface area contributed by atoms with Crippen molar-refractivity contribution < 1.29 is 14.7 Å². The molecule has 2 amide bonds. The first kappa shape index (κ1) is 19.5. The van der Waals surface area contributed by atoms with Gasteiger partial charge in [0.2, 0.25) is 0 Å². The van der Waals surface area contributed by atoms with Crippen LogP contribution in [0.25, 0.3) is 0 Å². The third-order valence-corrected chi connectivity index (χ3v) is 5.13. The normalized spacial score (nSPS) is 10.5. The lowest BCUT2D eigenvalue weighted by atomic mass is 10.0. The monoisotopic (exact) mass is 454 g/mol. The number of carbonyl (C=O) groups excluding carboxylic acids is 1. The molecule has 0 aromatic heterocycles. The number of hydrogen-bond acceptors (Lipinski definition) is 3. The van der Waals surface area contributed by atoms with Gasteiger partial charge >= 0.3 is 6.03 Å². The number of carbonyl (C=O) groups is 1. The summed E-state index contributed by atoms with van der Waals surface area (Å²) in [5.74, 6) is 0.810. The second-order valence-electron chi connectivity index (χ2n) is 5.79. The molecule has 134 valence electrons. The molecular formula is C19H23IN2O3. The van der Waals surface area contributed by atoms with Crippen LogP contribution >= 0.6 is 22.6 Å². The molecule has 0 fully saturated rings. The summed E-state index contributed by atoms with van der Waals surface area (Å²) in [5, 5.41) is 13.1. The minimum atomic E-state index is -0.595. The molecule has 2 rings (SSSR count). The Balaban J connectivity index is 2.30. The van der Waals surface area contributed by atoms with E-state index in [1.54, 1.807) is 12.1 Å². The fraction of sp³-hybridized carbons (Fsp3) is 0.316. The zero-order valence-electron chi connectivity index (χ0n) is 14.9. The second kappa shape index (κ2) is 8.53. The minimum absolute atomic E-state index is 0.258. The molecule has 2 N–H and O–H groups in total. The van der Waals surface area contributed by atoms with Gasteiger partial charge in [-0.15, -0.1) is 0 Å². The van der Waals surface area contributed by atoms with E-state index in [1.807, 2.05) is 19.1 Å². The summed E-state index contributed by atoms with van der Waals surface area (Å²) in [7, 11) is 1.47. The van der Waals surface area contributed by atoms with Crippen LogP contribution in [0.4, 0.5) is 10.5 Å². The van der Waals surface area contributed by atoms with Crippen molar-refractivity contribution in [2.45, 2.75) is 33.8 Å². The van der Waals surface area contributed by atoms with Crippen LogP contribution < -0.4 is 15.1 Å². The molecule has 0 unspecified atom stereocenters. The molecule has 0 saturated heterocycles. The van der Waals surface area contributed by atoms with Crippen molar-refractivity contribution in [2.24, 2.45) is 0 Å². The highest BCUT2D eigenvalue weighted by Crippen LogP contribution is 2.28. The van der Waals surface area contributed by atoms with Gasteiger partial charge < -0.3 is 10.1 Å². The quantitative estimate of drug-likeness (QED) is 0.395. The number of ether oxygens (including phenoxy) is 1. The molecule has 0 atom stereocenters. The first-order valence-corrected chi connectivity index (χ1v) is 9.17. The van der Waals surface area contributed by atoms with Crippen molar-refractivity contribution in [1.82, 2.24) is 5.32 Å². The smallest absolute Gasteiger partial charge is 0.345 e. The fourth-order valence-electron chi connectivity index (χ4n) is 2.64. The van der Waals surface area contributed by atoms with Crippen LogP contribution in [0.15, 0.2) is 30.3 Å². The van der Waals surface area contributed by atoms with Crippen molar-refractivity contribution in [3.8, 4) is 5.75 Å². The number of urea groups is 1. The molecule has 5 nitrogen and oxygen atoms in total. The Bertz CT molecular complexity index is 778. The minimum Gasteiger partial charge on any atom is -0.489 e. The summed E-state index contributed by atoms with van der Waals surface area (Å²) in [6.07, 6.45) is 0.985. The van der Waals surface area contributed by atoms with Crippen molar-refractivity contribution in [2.75, 3.05) is 12.1 Å². The summed E-state index contributed by atoms with van der Waals surface area (Å²) in [6, 6.07) is 8.98. The zero-order chi connectivity index (χ0) is 18.6. The first-order chi connectivity index (χ1) is 11.9. The molecule has 0 aliphatic carbocycles. The third-order valence-electron chi connectivity index (χ3n) is 4.11. The van der Waals surface area contributed by atoms with Crippen LogP contribution in [-0.4, -0.2) is 18.3 Å². The van der Waals surface area contributed by atoms with Gasteiger partial charge in [-0.1, -0.05) is 19.1 Å². The summed E-state index contributed by atoms with van der Waals surface area (Å²) in [4.78, 5) is 11.7. The van der Waals surface area contributed by atoms with E-state index in [2.05, 4.69) is 47.8 Å². The molecule has 0 aliphatic rings. The molecule has 6 heteroatoms. The van der Waals surface area contributed by atoms with Gasteiger partial charge in [0.1, 0.15) is 12.4 Å². The molecule has 2 aromatic rings. The van der Waals surface area contributed by atoms with Crippen LogP contribution in [0.5, 0.6) is 5.75 Å². The lowest BCUT2D eigenvalue weighted by Crippen LogP contribution is -2.36. The van der Waals surface area contributed by atoms with Gasteiger partial charge in [-0.05, 0) is 77.7 Å². The maximum absolute atomic E-state index is 11.7. The van der Waals surface area contributed by atoms with Crippen LogP contribution in [0.1, 0.15) is 29.2 Å². The number of halogens is 1. The predicted molar refractivity (Wildman–Crippen MR) is 108 cm³/mol. The van der Waals surface area contributed by atoms with Crippen LogP contribution in [0, 0.1) is 17.4 Å². The SMILES string of the molecule is CCc1cc(C)c(OCc2c(I)cccc2N(O)C(=O)NC)cc1C. The summed E-state index contributed by atoms with van der Waals surface area (Å²) in [6.45, 7) is 6.49. The number of anilines is 1. The van der Waals surface area contributed by atoms with E-state index in [-0.39, 0.29) is 6.61 Å². The third kappa shape index (κ3) is 4.43. The summed E-state index contributed by atoms with van der Waals surface area (Å²) >= 11 is 2.17. The highest BCUT2D eigenvalue weighted by atomic mass is 127. The van der Waals surface area contributed by atoms with Gasteiger partial charge in [0.15, 0.2) is 0 Å². The Labute approximate surface area is 162 Å². The molecule has 0 bridgehead atoms. The van der Waals surface area contributed by atoms with Gasteiger partial charge in [-0.25, -0.2) is 4.79 Å². The molecular weight excluding hydrogens is 431 g/mol. The standard InChI is InChI=1S/C19H23IN2O3/c1-5-14-9-13(3)18(10-12(14)2)25-11-15-16(20)7-6-8-17(15)22(24)19(23)21-4/h6-10,24H,5,11H2,1-4H3,(H,21,23). The number of benzene rings is 2. The van der Waals surface area contributed by atoms with E-state index in [4.69, 9.17) is 4.74 Å². The highest BCUT2D eigenvalue weighted by molar-refractivity contribution is 14.1. The van der Waals surface area contributed by atoms with Crippen molar-refractivity contribution in [1.29, 1.82) is 0 Å². The maximum atomic E-state index is 11.7. The molecule has 0 saturated carbocycles. The topological polar surface area (TPSA) is 61.8 Å². The van der Waals surface area contributed by atoms with Gasteiger partial charge in [0.05, 0.1) is 5.69 Å². The highest BCUT2D eigenvalue weighted by Gasteiger charge is 2.18. The summed E-state index contributed by atoms with van der Waals surface area (Å²) in [5.41, 5.74) is 4.74. The number of aryl methyl sites for hydroxylation is 3. The van der Waals surface area contributed by atoms with Crippen molar-refractivity contribution in [3.05, 3.63) is 56.2 Å². The largest absolute Gasteiger partial charge is 0.489 e. The van der Waals surface area contributed by atoms with E-state index in [0.717, 1.165) is 26.9 Å². The Morgan fingerprint density at radius 3 is 2.64 bits per heavy atom. The van der Waals surface area contributed by atoms with Crippen molar-refractivity contribution in [3.63, 3.8) is 0 Å². The number of amides is 2. The zero-order valence-corrected chi connectivity index (χ0v) is 17.0. The summed E-state index contributed by atoms with van der Waals surface area (Å²) < 4.78 is 6.93. The molecule has 0 aliphatic heterocycles. The maximum Gasteiger partial charge on any atom is 0.345 e. The average Bonchev–Trinajstić information content (AvgIpc) is 2.61. The van der Waals surface area contributed by atoms with Crippen molar-refractivity contribution >= 4 is 34.3 Å². The lowest BCUT2D eigenvalue weighted by molar-refractivity contribution is 0.205. The molecule has 0 heterocycles. The molecule has 0 radical (unpaired) electrons. The van der Waals surface area contributed by atoms with Gasteiger partial charge in [0.25, 0.3) is 0 Å². The number of hydrogen-bond donors (Lipinski definition) is 2. The van der Waals surface area contributed by atoms with Crippen LogP contribution in [0.3, 0.4) is 0 Å². The fourth-order valence-corrected chi connectivity index (χ4v) is 3.28. The number of nitrogens with one attached hydrogen (secondary N) is 1. The van der Waals surface area contributed by atoms with E-state index >= 15 is 0 Å². The number of nitrogens with zero attached hydrogens (tertiary/aromatic N) is 1. The Morgan fingerprint density at radius 2 is 2.00 bits per heavy atom. The first-order valence-electron chi connectivity index (χ1n) is 8.10. The van der Waals surface area contributed by atoms with E-state index in [1.165, 1.54) is 18.2 Å². The van der Waals surface area contributed by atoms with E-state index < -0.39 is 6.03 Å². The van der Waals surface area contributed by atoms with Gasteiger partial charge in [-0.2, -0.15) is 5.06 Å². The second-order valence-corrected chi connectivity index (χ2v) is 6.95. The van der Waals surface area contributed by atoms with Gasteiger partial charge in [-0.3, -0.25) is 5.21 Å². The Kier molecular flexibility index (Phi) is 6.66. The average molecular weight is 454 g/mol. The predicted octanol–water partition coefficient (Wildman–Crippen LogP) is 4.58. The lowest BCUT2D eigenvalue weighted by Gasteiger charge is -2.20. The molecule has 25 heavy (non-hydrogen) atoms. The van der Waals surface area contributed by atoms with Crippen LogP contribution in [-0.2, 0) is 13.0 Å². The molecule has 2 aromatic carbocycles. The van der Waals surface area contributed by atoms with E-state index in [0.29, 0.717) is 10.8 Å². The van der Waals surface area contributed by atoms with Crippen LogP contribution in [0.2, 0.25) is 0 Å². The Hall–Kier alpha value is -1.80. The van der Waals surface area contributed by atoms with Gasteiger partial charge in [0, 0.05) is 16.2 Å². The number of hydroxylamine groups is 1.